The van der Waals surface area contributed by atoms with Crippen molar-refractivity contribution in [3.05, 3.63) is 0 Å². The lowest BCUT2D eigenvalue weighted by Gasteiger charge is -2.41. The number of hydrogen-bond acceptors (Lipinski definition) is 2. The molecule has 110 valence electrons. The maximum Gasteiger partial charge on any atom is 0.211 e. The monoisotopic (exact) mass is 277 g/mol. The van der Waals surface area contributed by atoms with Gasteiger partial charge in [-0.15, -0.1) is 0 Å². The predicted molar refractivity (Wildman–Crippen MR) is 79.2 cm³/mol. The van der Waals surface area contributed by atoms with Crippen molar-refractivity contribution in [2.24, 2.45) is 10.8 Å². The van der Waals surface area contributed by atoms with Gasteiger partial charge in [0.05, 0.1) is 6.26 Å². The number of nitrogens with zero attached hydrogens (tertiary/aromatic N) is 1. The smallest absolute Gasteiger partial charge is 0.211 e. The summed E-state index contributed by atoms with van der Waals surface area (Å²) in [6, 6.07) is 0. The topological polar surface area (TPSA) is 37.4 Å². The first-order valence-corrected chi connectivity index (χ1v) is 8.37. The van der Waals surface area contributed by atoms with Crippen LogP contribution in [0.2, 0.25) is 0 Å². The van der Waals surface area contributed by atoms with Crippen LogP contribution in [0.15, 0.2) is 0 Å². The van der Waals surface area contributed by atoms with E-state index in [1.165, 1.54) is 6.26 Å². The van der Waals surface area contributed by atoms with Crippen LogP contribution in [0.1, 0.15) is 61.8 Å². The van der Waals surface area contributed by atoms with Crippen molar-refractivity contribution in [3.63, 3.8) is 0 Å². The summed E-state index contributed by atoms with van der Waals surface area (Å²) in [6.07, 6.45) is 2.29. The zero-order valence-electron chi connectivity index (χ0n) is 13.6. The van der Waals surface area contributed by atoms with Crippen LogP contribution in [-0.2, 0) is 10.0 Å². The average molecular weight is 277 g/mol. The Hall–Kier alpha value is -0.0900. The third-order valence-electron chi connectivity index (χ3n) is 2.73. The molecule has 0 spiro atoms. The van der Waals surface area contributed by atoms with Crippen LogP contribution in [-0.4, -0.2) is 31.1 Å². The highest BCUT2D eigenvalue weighted by molar-refractivity contribution is 7.88. The molecule has 0 aliphatic rings. The van der Waals surface area contributed by atoms with Gasteiger partial charge in [-0.2, -0.15) is 4.31 Å². The van der Waals surface area contributed by atoms with E-state index < -0.39 is 10.0 Å². The van der Waals surface area contributed by atoms with E-state index in [2.05, 4.69) is 34.6 Å². The fraction of sp³-hybridized carbons (Fsp3) is 1.00. The molecule has 3 nitrogen and oxygen atoms in total. The molecule has 0 amide bonds. The summed E-state index contributed by atoms with van der Waals surface area (Å²) in [5.74, 6) is 0. The van der Waals surface area contributed by atoms with E-state index in [-0.39, 0.29) is 16.4 Å². The summed E-state index contributed by atoms with van der Waals surface area (Å²) in [4.78, 5) is 0. The Morgan fingerprint density at radius 3 is 1.50 bits per heavy atom. The molecule has 18 heavy (non-hydrogen) atoms. The van der Waals surface area contributed by atoms with E-state index in [0.717, 1.165) is 6.42 Å². The zero-order chi connectivity index (χ0) is 15.0. The third kappa shape index (κ3) is 6.74. The normalized spacial score (nSPS) is 15.2. The van der Waals surface area contributed by atoms with Crippen molar-refractivity contribution in [1.82, 2.24) is 4.31 Å². The Kier molecular flexibility index (Phi) is 5.10. The minimum absolute atomic E-state index is 0.0331. The first kappa shape index (κ1) is 17.9. The van der Waals surface area contributed by atoms with Crippen molar-refractivity contribution < 1.29 is 8.42 Å². The average Bonchev–Trinajstić information content (AvgIpc) is 1.90. The summed E-state index contributed by atoms with van der Waals surface area (Å²) in [5.41, 5.74) is -0.206. The summed E-state index contributed by atoms with van der Waals surface area (Å²) < 4.78 is 25.5. The summed E-state index contributed by atoms with van der Waals surface area (Å²) in [5, 5.41) is 0. The second-order valence-electron chi connectivity index (χ2n) is 8.34. The van der Waals surface area contributed by atoms with Crippen molar-refractivity contribution in [1.29, 1.82) is 0 Å². The first-order chi connectivity index (χ1) is 7.55. The Morgan fingerprint density at radius 1 is 0.889 bits per heavy atom. The van der Waals surface area contributed by atoms with Crippen LogP contribution in [0.25, 0.3) is 0 Å². The molecule has 0 atom stereocenters. The highest BCUT2D eigenvalue weighted by Crippen LogP contribution is 2.35. The molecular weight excluding hydrogens is 246 g/mol. The number of rotatable bonds is 4. The van der Waals surface area contributed by atoms with Gasteiger partial charge in [0.25, 0.3) is 0 Å². The largest absolute Gasteiger partial charge is 0.212 e. The molecular formula is C14H31NO2S. The van der Waals surface area contributed by atoms with Crippen molar-refractivity contribution in [2.75, 3.05) is 12.8 Å². The van der Waals surface area contributed by atoms with E-state index in [1.54, 1.807) is 4.31 Å². The minimum Gasteiger partial charge on any atom is -0.212 e. The van der Waals surface area contributed by atoms with Gasteiger partial charge in [0.15, 0.2) is 0 Å². The van der Waals surface area contributed by atoms with Gasteiger partial charge >= 0.3 is 0 Å². The standard InChI is InChI=1S/C14H31NO2S/c1-12(2,3)10-14(7,8)11-15(13(4,5)6)18(9,16)17/h10-11H2,1-9H3. The van der Waals surface area contributed by atoms with Gasteiger partial charge in [-0.05, 0) is 38.0 Å². The van der Waals surface area contributed by atoms with E-state index >= 15 is 0 Å². The second-order valence-corrected chi connectivity index (χ2v) is 10.2. The maximum atomic E-state index is 11.9. The Labute approximate surface area is 114 Å². The Morgan fingerprint density at radius 2 is 1.28 bits per heavy atom. The molecule has 0 radical (unpaired) electrons. The van der Waals surface area contributed by atoms with Gasteiger partial charge in [0.1, 0.15) is 0 Å². The molecule has 0 aliphatic heterocycles. The van der Waals surface area contributed by atoms with E-state index in [4.69, 9.17) is 0 Å². The fourth-order valence-corrected chi connectivity index (χ4v) is 4.31. The lowest BCUT2D eigenvalue weighted by molar-refractivity contribution is 0.131. The molecule has 0 unspecified atom stereocenters. The van der Waals surface area contributed by atoms with E-state index in [9.17, 15) is 8.42 Å². The molecule has 0 aromatic carbocycles. The number of hydrogen-bond donors (Lipinski definition) is 0. The fourth-order valence-electron chi connectivity index (χ4n) is 2.73. The molecule has 0 aromatic heterocycles. The molecule has 0 N–H and O–H groups in total. The molecule has 0 rings (SSSR count). The van der Waals surface area contributed by atoms with Crippen LogP contribution in [0, 0.1) is 10.8 Å². The van der Waals surface area contributed by atoms with Crippen LogP contribution < -0.4 is 0 Å². The van der Waals surface area contributed by atoms with Gasteiger partial charge in [0.2, 0.25) is 10.0 Å². The van der Waals surface area contributed by atoms with Gasteiger partial charge in [-0.1, -0.05) is 34.6 Å². The lowest BCUT2D eigenvalue weighted by atomic mass is 9.76. The highest BCUT2D eigenvalue weighted by atomic mass is 32.2. The molecule has 0 saturated heterocycles. The van der Waals surface area contributed by atoms with Crippen LogP contribution in [0.5, 0.6) is 0 Å². The molecule has 0 fully saturated rings. The van der Waals surface area contributed by atoms with Crippen molar-refractivity contribution >= 4 is 10.0 Å². The van der Waals surface area contributed by atoms with E-state index in [0.29, 0.717) is 6.54 Å². The van der Waals surface area contributed by atoms with Crippen LogP contribution in [0.3, 0.4) is 0 Å². The quantitative estimate of drug-likeness (QED) is 0.788. The molecule has 0 aliphatic carbocycles. The van der Waals surface area contributed by atoms with Crippen molar-refractivity contribution in [3.8, 4) is 0 Å². The van der Waals surface area contributed by atoms with Gasteiger partial charge in [0, 0.05) is 12.1 Å². The molecule has 0 saturated carbocycles. The van der Waals surface area contributed by atoms with Crippen LogP contribution in [0.4, 0.5) is 0 Å². The Balaban J connectivity index is 5.14. The molecule has 0 aromatic rings. The summed E-state index contributed by atoms with van der Waals surface area (Å²) >= 11 is 0. The number of sulfonamides is 1. The van der Waals surface area contributed by atoms with Gasteiger partial charge < -0.3 is 0 Å². The van der Waals surface area contributed by atoms with Gasteiger partial charge in [-0.3, -0.25) is 0 Å². The predicted octanol–water partition coefficient (Wildman–Crippen LogP) is 3.51. The molecule has 0 heterocycles. The first-order valence-electron chi connectivity index (χ1n) is 6.52. The minimum atomic E-state index is -3.18. The summed E-state index contributed by atoms with van der Waals surface area (Å²) in [6.45, 7) is 17.3. The second kappa shape index (κ2) is 5.12. The van der Waals surface area contributed by atoms with Crippen LogP contribution >= 0.6 is 0 Å². The molecule has 4 heteroatoms. The SMILES string of the molecule is CC(C)(C)CC(C)(C)CN(C(C)(C)C)S(C)(=O)=O. The maximum absolute atomic E-state index is 11.9. The third-order valence-corrected chi connectivity index (χ3v) is 4.21. The highest BCUT2D eigenvalue weighted by Gasteiger charge is 2.36. The van der Waals surface area contributed by atoms with E-state index in [1.807, 2.05) is 20.8 Å². The lowest BCUT2D eigenvalue weighted by Crippen LogP contribution is -2.49. The van der Waals surface area contributed by atoms with Crippen molar-refractivity contribution in [2.45, 2.75) is 67.3 Å². The Bertz CT molecular complexity index is 370. The zero-order valence-corrected chi connectivity index (χ0v) is 14.4. The van der Waals surface area contributed by atoms with Gasteiger partial charge in [-0.25, -0.2) is 8.42 Å². The molecule has 0 bridgehead atoms. The summed E-state index contributed by atoms with van der Waals surface area (Å²) in [7, 11) is -3.18.